The first-order valence-electron chi connectivity index (χ1n) is 17.1. The number of halogens is 1. The fraction of sp³-hybridized carbons (Fsp3) is 0.421. The highest BCUT2D eigenvalue weighted by Gasteiger charge is 2.64. The van der Waals surface area contributed by atoms with E-state index in [1.807, 2.05) is 43.9 Å². The van der Waals surface area contributed by atoms with Gasteiger partial charge in [-0.15, -0.1) is 0 Å². The molecule has 13 heteroatoms. The van der Waals surface area contributed by atoms with E-state index in [9.17, 15) is 8.42 Å². The fourth-order valence-electron chi connectivity index (χ4n) is 7.85. The van der Waals surface area contributed by atoms with Crippen LogP contribution in [-0.4, -0.2) is 74.7 Å². The summed E-state index contributed by atoms with van der Waals surface area (Å²) in [5.74, 6) is 0.600. The molecule has 7 rings (SSSR count). The minimum absolute atomic E-state index is 0.0669. The third-order valence-corrected chi connectivity index (χ3v) is 11.8. The van der Waals surface area contributed by atoms with Gasteiger partial charge in [-0.05, 0) is 113 Å². The zero-order chi connectivity index (χ0) is 36.1. The maximum Gasteiger partial charge on any atom is 0.271 e. The molecule has 0 N–H and O–H groups in total. The van der Waals surface area contributed by atoms with Crippen LogP contribution in [-0.2, 0) is 31.6 Å². The Bertz CT molecular complexity index is 2010. The molecule has 0 radical (unpaired) electrons. The predicted molar refractivity (Wildman–Crippen MR) is 193 cm³/mol. The lowest BCUT2D eigenvalue weighted by atomic mass is 9.80. The molecule has 3 aromatic carbocycles. The van der Waals surface area contributed by atoms with Gasteiger partial charge < -0.3 is 18.6 Å². The van der Waals surface area contributed by atoms with E-state index in [2.05, 4.69) is 9.88 Å². The summed E-state index contributed by atoms with van der Waals surface area (Å²) in [4.78, 5) is 24.7. The first-order valence-corrected chi connectivity index (χ1v) is 19.0. The Hall–Kier alpha value is -3.94. The number of anilines is 1. The summed E-state index contributed by atoms with van der Waals surface area (Å²) >= 11 is 6.77. The Balaban J connectivity index is 1.51. The number of aromatic nitrogens is 1. The summed E-state index contributed by atoms with van der Waals surface area (Å²) in [6.45, 7) is 8.80. The molecule has 2 saturated heterocycles. The molecular formula is C38H43ClN4O7S. The Morgan fingerprint density at radius 3 is 2.37 bits per heavy atom. The van der Waals surface area contributed by atoms with Crippen molar-refractivity contribution in [2.45, 2.75) is 74.8 Å². The first kappa shape index (κ1) is 35.5. The van der Waals surface area contributed by atoms with Gasteiger partial charge in [-0.2, -0.15) is 0 Å². The zero-order valence-electron chi connectivity index (χ0n) is 29.5. The summed E-state index contributed by atoms with van der Waals surface area (Å²) in [6, 6.07) is 16.1. The number of amides is 1. The van der Waals surface area contributed by atoms with Gasteiger partial charge in [0.2, 0.25) is 5.89 Å². The van der Waals surface area contributed by atoms with E-state index in [1.54, 1.807) is 43.6 Å². The van der Waals surface area contributed by atoms with Crippen LogP contribution in [0.15, 0.2) is 82.4 Å². The largest absolute Gasteiger partial charge is 0.497 e. The molecule has 1 aromatic heterocycles. The Kier molecular flexibility index (Phi) is 9.43. The summed E-state index contributed by atoms with van der Waals surface area (Å²) in [5.41, 5.74) is -0.209. The number of hydrogen-bond acceptors (Lipinski definition) is 10. The lowest BCUT2D eigenvalue weighted by Crippen LogP contribution is -2.55. The number of oxazole rings is 1. The van der Waals surface area contributed by atoms with E-state index in [0.29, 0.717) is 46.5 Å². The minimum Gasteiger partial charge on any atom is -0.497 e. The molecule has 1 amide bonds. The van der Waals surface area contributed by atoms with Crippen molar-refractivity contribution in [3.8, 4) is 11.5 Å². The molecule has 0 aliphatic carbocycles. The SMILES string of the molecule is COc1ccc(S(=O)(=O)N2C(=O)C(c3cc(CN4CCCC4)ccc3OC)(N3C[C@H](OC(C)(C)C)C[C@H]3c3ncco3)c3cc(Cl)ccc32)cc1. The van der Waals surface area contributed by atoms with Crippen molar-refractivity contribution in [1.82, 2.24) is 14.8 Å². The van der Waals surface area contributed by atoms with Crippen molar-refractivity contribution in [2.24, 2.45) is 0 Å². The molecule has 3 aliphatic rings. The van der Waals surface area contributed by atoms with Crippen molar-refractivity contribution in [2.75, 3.05) is 38.2 Å². The molecule has 51 heavy (non-hydrogen) atoms. The highest BCUT2D eigenvalue weighted by atomic mass is 35.5. The molecule has 3 aliphatic heterocycles. The van der Waals surface area contributed by atoms with Crippen LogP contribution in [0.4, 0.5) is 5.69 Å². The molecule has 1 unspecified atom stereocenters. The molecule has 4 heterocycles. The number of sulfonamides is 1. The van der Waals surface area contributed by atoms with Crippen LogP contribution in [0.5, 0.6) is 11.5 Å². The third kappa shape index (κ3) is 6.31. The number of hydrogen-bond donors (Lipinski definition) is 0. The quantitative estimate of drug-likeness (QED) is 0.178. The molecule has 270 valence electrons. The number of ether oxygens (including phenoxy) is 3. The Labute approximate surface area is 304 Å². The number of methoxy groups -OCH3 is 2. The van der Waals surface area contributed by atoms with Gasteiger partial charge in [-0.3, -0.25) is 14.6 Å². The molecule has 0 bridgehead atoms. The van der Waals surface area contributed by atoms with Gasteiger partial charge in [0.05, 0.1) is 48.7 Å². The lowest BCUT2D eigenvalue weighted by molar-refractivity contribution is -0.128. The van der Waals surface area contributed by atoms with Gasteiger partial charge in [0, 0.05) is 29.2 Å². The molecule has 3 atom stereocenters. The van der Waals surface area contributed by atoms with Crippen molar-refractivity contribution in [3.05, 3.63) is 101 Å². The van der Waals surface area contributed by atoms with E-state index in [4.69, 9.17) is 30.2 Å². The summed E-state index contributed by atoms with van der Waals surface area (Å²) in [6.07, 6.45) is 5.38. The normalized spacial score (nSPS) is 22.9. The average molecular weight is 735 g/mol. The van der Waals surface area contributed by atoms with Crippen LogP contribution in [0.25, 0.3) is 0 Å². The topological polar surface area (TPSA) is 115 Å². The monoisotopic (exact) mass is 734 g/mol. The van der Waals surface area contributed by atoms with E-state index >= 15 is 4.79 Å². The van der Waals surface area contributed by atoms with Gasteiger partial charge in [0.15, 0.2) is 5.54 Å². The minimum atomic E-state index is -4.47. The Morgan fingerprint density at radius 2 is 1.73 bits per heavy atom. The standard InChI is InChI=1S/C38H43ClN4O7S/c1-37(2,3)50-28-22-33(35-40-16-19-49-35)42(24-28)38(31-20-25(8-15-34(31)48-5)23-41-17-6-7-18-41)30-21-26(39)9-14-32(30)43(36(38)44)51(45,46)29-12-10-27(47-4)11-13-29/h8-16,19-21,28,33H,6-7,17-18,22-24H2,1-5H3/t28-,33+,38?/m1/s1. The molecular weight excluding hydrogens is 692 g/mol. The second-order valence-corrected chi connectivity index (χ2v) is 16.5. The molecule has 2 fully saturated rings. The van der Waals surface area contributed by atoms with Crippen molar-refractivity contribution >= 4 is 33.2 Å². The molecule has 4 aromatic rings. The van der Waals surface area contributed by atoms with Crippen LogP contribution >= 0.6 is 11.6 Å². The van der Waals surface area contributed by atoms with Crippen LogP contribution in [0.3, 0.4) is 0 Å². The predicted octanol–water partition coefficient (Wildman–Crippen LogP) is 6.55. The molecule has 11 nitrogen and oxygen atoms in total. The second-order valence-electron chi connectivity index (χ2n) is 14.3. The van der Waals surface area contributed by atoms with Crippen molar-refractivity contribution in [3.63, 3.8) is 0 Å². The number of carbonyl (C=O) groups excluding carboxylic acids is 1. The average Bonchev–Trinajstić information content (AvgIpc) is 3.91. The summed E-state index contributed by atoms with van der Waals surface area (Å²) in [7, 11) is -1.41. The zero-order valence-corrected chi connectivity index (χ0v) is 31.0. The van der Waals surface area contributed by atoms with Gasteiger partial charge in [0.25, 0.3) is 15.9 Å². The van der Waals surface area contributed by atoms with Gasteiger partial charge in [-0.25, -0.2) is 17.7 Å². The highest BCUT2D eigenvalue weighted by Crippen LogP contribution is 2.57. The van der Waals surface area contributed by atoms with E-state index < -0.39 is 33.1 Å². The first-order chi connectivity index (χ1) is 24.4. The smallest absolute Gasteiger partial charge is 0.271 e. The van der Waals surface area contributed by atoms with E-state index in [0.717, 1.165) is 35.8 Å². The molecule has 0 saturated carbocycles. The number of rotatable bonds is 10. The summed E-state index contributed by atoms with van der Waals surface area (Å²) in [5, 5.41) is 0.344. The van der Waals surface area contributed by atoms with Crippen LogP contribution < -0.4 is 13.8 Å². The van der Waals surface area contributed by atoms with Crippen LogP contribution in [0, 0.1) is 0 Å². The summed E-state index contributed by atoms with van der Waals surface area (Å²) < 4.78 is 54.3. The van der Waals surface area contributed by atoms with Crippen LogP contribution in [0.2, 0.25) is 5.02 Å². The number of fused-ring (bicyclic) bond motifs is 1. The van der Waals surface area contributed by atoms with Gasteiger partial charge >= 0.3 is 0 Å². The maximum atomic E-state index is 15.8. The highest BCUT2D eigenvalue weighted by molar-refractivity contribution is 7.93. The van der Waals surface area contributed by atoms with E-state index in [1.165, 1.54) is 25.5 Å². The van der Waals surface area contributed by atoms with E-state index in [-0.39, 0.29) is 23.2 Å². The third-order valence-electron chi connectivity index (χ3n) is 9.87. The number of nitrogens with zero attached hydrogens (tertiary/aromatic N) is 4. The van der Waals surface area contributed by atoms with Gasteiger partial charge in [-0.1, -0.05) is 17.7 Å². The lowest BCUT2D eigenvalue weighted by Gasteiger charge is -2.41. The number of benzene rings is 3. The molecule has 0 spiro atoms. The second kappa shape index (κ2) is 13.6. The number of carbonyl (C=O) groups is 1. The Morgan fingerprint density at radius 1 is 0.980 bits per heavy atom. The van der Waals surface area contributed by atoms with Crippen molar-refractivity contribution in [1.29, 1.82) is 0 Å². The number of likely N-dealkylation sites (tertiary alicyclic amines) is 2. The van der Waals surface area contributed by atoms with Crippen molar-refractivity contribution < 1.29 is 31.8 Å². The maximum absolute atomic E-state index is 15.8. The van der Waals surface area contributed by atoms with Gasteiger partial charge in [0.1, 0.15) is 17.8 Å². The fourth-order valence-corrected chi connectivity index (χ4v) is 9.48. The van der Waals surface area contributed by atoms with Crippen LogP contribution in [0.1, 0.15) is 68.7 Å².